The molecule has 0 radical (unpaired) electrons. The normalized spacial score (nSPS) is 19.8. The van der Waals surface area contributed by atoms with E-state index in [-0.39, 0.29) is 30.8 Å². The second-order valence-electron chi connectivity index (χ2n) is 9.71. The molecule has 0 saturated carbocycles. The van der Waals surface area contributed by atoms with Gasteiger partial charge in [-0.05, 0) is 70.2 Å². The Morgan fingerprint density at radius 3 is 2.64 bits per heavy atom. The summed E-state index contributed by atoms with van der Waals surface area (Å²) in [6.07, 6.45) is 2.71. The Balaban J connectivity index is 1.46. The number of amides is 4. The summed E-state index contributed by atoms with van der Waals surface area (Å²) in [6.45, 7) is 8.18. The van der Waals surface area contributed by atoms with E-state index in [4.69, 9.17) is 4.98 Å². The van der Waals surface area contributed by atoms with E-state index >= 15 is 0 Å². The molecule has 1 aromatic carbocycles. The molecule has 2 aliphatic heterocycles. The van der Waals surface area contributed by atoms with E-state index in [9.17, 15) is 14.4 Å². The van der Waals surface area contributed by atoms with Crippen molar-refractivity contribution in [2.75, 3.05) is 13.1 Å². The highest BCUT2D eigenvalue weighted by Crippen LogP contribution is 2.32. The number of benzene rings is 1. The molecule has 2 aliphatic rings. The van der Waals surface area contributed by atoms with Crippen LogP contribution in [-0.2, 0) is 16.0 Å². The second kappa shape index (κ2) is 8.96. The third-order valence-corrected chi connectivity index (χ3v) is 6.43. The average Bonchev–Trinajstić information content (AvgIpc) is 3.29. The molecule has 3 heterocycles. The minimum absolute atomic E-state index is 0.0497. The summed E-state index contributed by atoms with van der Waals surface area (Å²) in [5.74, 6) is -0.342. The summed E-state index contributed by atoms with van der Waals surface area (Å²) in [7, 11) is 0. The molecule has 1 N–H and O–H groups in total. The number of aromatic nitrogens is 1. The first-order valence-corrected chi connectivity index (χ1v) is 11.6. The van der Waals surface area contributed by atoms with Crippen molar-refractivity contribution in [2.45, 2.75) is 65.0 Å². The van der Waals surface area contributed by atoms with Crippen molar-refractivity contribution >= 4 is 17.8 Å². The van der Waals surface area contributed by atoms with E-state index in [0.717, 1.165) is 35.6 Å². The summed E-state index contributed by atoms with van der Waals surface area (Å²) in [5, 5.41) is 2.66. The number of hydrogen-bond acceptors (Lipinski definition) is 4. The van der Waals surface area contributed by atoms with Crippen LogP contribution in [-0.4, -0.2) is 51.3 Å². The van der Waals surface area contributed by atoms with Crippen LogP contribution in [0, 0.1) is 13.8 Å². The molecule has 1 unspecified atom stereocenters. The smallest absolute Gasteiger partial charge is 0.325 e. The largest absolute Gasteiger partial charge is 0.334 e. The Labute approximate surface area is 195 Å². The number of pyridine rings is 1. The van der Waals surface area contributed by atoms with Crippen molar-refractivity contribution in [3.8, 4) is 0 Å². The fourth-order valence-electron chi connectivity index (χ4n) is 4.84. The molecule has 174 valence electrons. The third-order valence-electron chi connectivity index (χ3n) is 6.43. The zero-order valence-corrected chi connectivity index (χ0v) is 19.9. The minimum atomic E-state index is -0.921. The van der Waals surface area contributed by atoms with Crippen LogP contribution in [0.1, 0.15) is 67.2 Å². The van der Waals surface area contributed by atoms with Gasteiger partial charge in [0.15, 0.2) is 0 Å². The van der Waals surface area contributed by atoms with Gasteiger partial charge in [-0.1, -0.05) is 29.8 Å². The summed E-state index contributed by atoms with van der Waals surface area (Å²) in [6, 6.07) is 12.2. The Bertz CT molecular complexity index is 1090. The second-order valence-corrected chi connectivity index (χ2v) is 9.71. The predicted octanol–water partition coefficient (Wildman–Crippen LogP) is 3.67. The summed E-state index contributed by atoms with van der Waals surface area (Å²) < 4.78 is 0. The molecule has 0 aliphatic carbocycles. The number of rotatable bonds is 6. The summed E-state index contributed by atoms with van der Waals surface area (Å²) >= 11 is 0. The van der Waals surface area contributed by atoms with Crippen LogP contribution in [0.15, 0.2) is 36.4 Å². The van der Waals surface area contributed by atoms with E-state index in [1.54, 1.807) is 13.8 Å². The van der Waals surface area contributed by atoms with Gasteiger partial charge in [0.05, 0.1) is 11.7 Å². The lowest BCUT2D eigenvalue weighted by Gasteiger charge is -2.26. The summed E-state index contributed by atoms with van der Waals surface area (Å²) in [5.41, 5.74) is 4.61. The lowest BCUT2D eigenvalue weighted by Crippen LogP contribution is -2.41. The van der Waals surface area contributed by atoms with Crippen LogP contribution in [0.5, 0.6) is 0 Å². The Morgan fingerprint density at radius 1 is 1.15 bits per heavy atom. The van der Waals surface area contributed by atoms with Crippen LogP contribution < -0.4 is 5.32 Å². The zero-order valence-electron chi connectivity index (χ0n) is 19.9. The van der Waals surface area contributed by atoms with E-state index in [2.05, 4.69) is 48.6 Å². The van der Waals surface area contributed by atoms with Crippen molar-refractivity contribution in [1.82, 2.24) is 20.1 Å². The van der Waals surface area contributed by atoms with E-state index in [0.29, 0.717) is 6.54 Å². The van der Waals surface area contributed by atoms with Crippen LogP contribution >= 0.6 is 0 Å². The molecule has 7 nitrogen and oxygen atoms in total. The van der Waals surface area contributed by atoms with Gasteiger partial charge >= 0.3 is 6.03 Å². The van der Waals surface area contributed by atoms with Crippen LogP contribution in [0.4, 0.5) is 4.79 Å². The van der Waals surface area contributed by atoms with Gasteiger partial charge in [-0.15, -0.1) is 0 Å². The molecule has 2 fully saturated rings. The maximum absolute atomic E-state index is 13.1. The molecular formula is C26H32N4O3. The Hall–Kier alpha value is -3.22. The molecule has 33 heavy (non-hydrogen) atoms. The van der Waals surface area contributed by atoms with Gasteiger partial charge < -0.3 is 10.2 Å². The number of carbonyl (C=O) groups excluding carboxylic acids is 3. The van der Waals surface area contributed by atoms with Gasteiger partial charge in [-0.2, -0.15) is 0 Å². The predicted molar refractivity (Wildman–Crippen MR) is 126 cm³/mol. The molecule has 2 saturated heterocycles. The average molecular weight is 449 g/mol. The fraction of sp³-hybridized carbons (Fsp3) is 0.462. The van der Waals surface area contributed by atoms with Gasteiger partial charge in [0.2, 0.25) is 5.91 Å². The van der Waals surface area contributed by atoms with Gasteiger partial charge in [0.25, 0.3) is 5.91 Å². The first kappa shape index (κ1) is 23.0. The highest BCUT2D eigenvalue weighted by atomic mass is 16.2. The molecular weight excluding hydrogens is 416 g/mol. The van der Waals surface area contributed by atoms with Gasteiger partial charge in [0.1, 0.15) is 5.54 Å². The number of urea groups is 1. The van der Waals surface area contributed by atoms with Crippen molar-refractivity contribution in [1.29, 1.82) is 0 Å². The number of nitrogens with one attached hydrogen (secondary N) is 1. The first-order chi connectivity index (χ1) is 15.6. The highest BCUT2D eigenvalue weighted by molar-refractivity contribution is 6.06. The number of carbonyl (C=O) groups is 3. The van der Waals surface area contributed by atoms with Crippen molar-refractivity contribution in [3.05, 3.63) is 64.5 Å². The van der Waals surface area contributed by atoms with E-state index < -0.39 is 11.6 Å². The molecule has 1 aromatic heterocycles. The fourth-order valence-corrected chi connectivity index (χ4v) is 4.84. The number of hydrogen-bond donors (Lipinski definition) is 1. The van der Waals surface area contributed by atoms with Gasteiger partial charge in [0, 0.05) is 25.2 Å². The number of aryl methyl sites for hydroxylation is 2. The minimum Gasteiger partial charge on any atom is -0.334 e. The molecule has 4 rings (SSSR count). The maximum atomic E-state index is 13.1. The Morgan fingerprint density at radius 2 is 1.94 bits per heavy atom. The highest BCUT2D eigenvalue weighted by Gasteiger charge is 2.44. The van der Waals surface area contributed by atoms with E-state index in [1.807, 2.05) is 11.8 Å². The quantitative estimate of drug-likeness (QED) is 0.684. The van der Waals surface area contributed by atoms with Crippen molar-refractivity contribution in [3.63, 3.8) is 0 Å². The maximum Gasteiger partial charge on any atom is 0.325 e. The SMILES string of the molecule is Cc1cccc(Cc2cc(C)nc(C3CCCN3C(=O)CCN3C(=O)NC(C)(C)C3=O)c2)c1. The molecule has 7 heteroatoms. The summed E-state index contributed by atoms with van der Waals surface area (Å²) in [4.78, 5) is 45.4. The monoisotopic (exact) mass is 448 g/mol. The van der Waals surface area contributed by atoms with Crippen LogP contribution in [0.2, 0.25) is 0 Å². The van der Waals surface area contributed by atoms with Gasteiger partial charge in [-0.25, -0.2) is 4.79 Å². The van der Waals surface area contributed by atoms with Crippen LogP contribution in [0.3, 0.4) is 0 Å². The lowest BCUT2D eigenvalue weighted by molar-refractivity contribution is -0.134. The topological polar surface area (TPSA) is 82.6 Å². The molecule has 1 atom stereocenters. The van der Waals surface area contributed by atoms with Crippen molar-refractivity contribution in [2.24, 2.45) is 0 Å². The number of likely N-dealkylation sites (tertiary alicyclic amines) is 1. The molecule has 0 bridgehead atoms. The third kappa shape index (κ3) is 4.92. The molecule has 2 aromatic rings. The number of nitrogens with zero attached hydrogens (tertiary/aromatic N) is 3. The zero-order chi connectivity index (χ0) is 23.8. The Kier molecular flexibility index (Phi) is 6.23. The standard InChI is InChI=1S/C26H32N4O3/c1-17-7-5-8-19(13-17)15-20-14-18(2)27-21(16-20)22-9-6-11-29(22)23(31)10-12-30-24(32)26(3,4)28-25(30)33/h5,7-8,13-14,16,22H,6,9-12,15H2,1-4H3,(H,28,33). The molecule has 4 amide bonds. The molecule has 0 spiro atoms. The van der Waals surface area contributed by atoms with Crippen molar-refractivity contribution < 1.29 is 14.4 Å². The number of imide groups is 1. The first-order valence-electron chi connectivity index (χ1n) is 11.6. The van der Waals surface area contributed by atoms with Crippen LogP contribution in [0.25, 0.3) is 0 Å². The van der Waals surface area contributed by atoms with Gasteiger partial charge in [-0.3, -0.25) is 19.5 Å². The lowest BCUT2D eigenvalue weighted by atomic mass is 10.0. The van der Waals surface area contributed by atoms with E-state index in [1.165, 1.54) is 16.7 Å².